The van der Waals surface area contributed by atoms with E-state index in [0.717, 1.165) is 39.8 Å². The number of aromatic nitrogens is 1. The van der Waals surface area contributed by atoms with E-state index in [4.69, 9.17) is 9.72 Å². The molecular weight excluding hydrogens is 348 g/mol. The molecule has 0 bridgehead atoms. The Bertz CT molecular complexity index is 637. The van der Waals surface area contributed by atoms with E-state index in [-0.39, 0.29) is 0 Å². The second kappa shape index (κ2) is 6.46. The Morgan fingerprint density at radius 3 is 2.86 bits per heavy atom. The van der Waals surface area contributed by atoms with Crippen molar-refractivity contribution in [2.45, 2.75) is 38.8 Å². The number of hydrogen-bond acceptors (Lipinski definition) is 4. The van der Waals surface area contributed by atoms with Gasteiger partial charge in [-0.15, -0.1) is 11.3 Å². The Balaban J connectivity index is 1.85. The Morgan fingerprint density at radius 2 is 2.24 bits per heavy atom. The van der Waals surface area contributed by atoms with Crippen molar-refractivity contribution in [1.29, 1.82) is 0 Å². The predicted molar refractivity (Wildman–Crippen MR) is 91.0 cm³/mol. The standard InChI is InChI=1S/C16H19BrN2OS/c1-3-13-15(9-18-11-5-6-11)21-16(19-13)10-4-7-14(20-2)12(17)8-10/h4,7-8,11,18H,3,5-6,9H2,1-2H3. The van der Waals surface area contributed by atoms with Crippen molar-refractivity contribution in [3.8, 4) is 16.3 Å². The first-order chi connectivity index (χ1) is 10.2. The summed E-state index contributed by atoms with van der Waals surface area (Å²) < 4.78 is 6.25. The van der Waals surface area contributed by atoms with E-state index in [1.165, 1.54) is 23.4 Å². The second-order valence-electron chi connectivity index (χ2n) is 5.25. The van der Waals surface area contributed by atoms with Gasteiger partial charge in [-0.3, -0.25) is 0 Å². The van der Waals surface area contributed by atoms with Crippen molar-refractivity contribution < 1.29 is 4.74 Å². The third kappa shape index (κ3) is 3.47. The van der Waals surface area contributed by atoms with Crippen molar-refractivity contribution in [3.05, 3.63) is 33.2 Å². The highest BCUT2D eigenvalue weighted by molar-refractivity contribution is 9.10. The van der Waals surface area contributed by atoms with Crippen LogP contribution in [0.3, 0.4) is 0 Å². The Morgan fingerprint density at radius 1 is 1.43 bits per heavy atom. The summed E-state index contributed by atoms with van der Waals surface area (Å²) in [5.41, 5.74) is 2.36. The normalized spacial score (nSPS) is 14.4. The first-order valence-corrected chi connectivity index (χ1v) is 8.88. The molecule has 0 amide bonds. The van der Waals surface area contributed by atoms with Crippen molar-refractivity contribution in [2.75, 3.05) is 7.11 Å². The first kappa shape index (κ1) is 15.0. The molecule has 2 aromatic rings. The van der Waals surface area contributed by atoms with Gasteiger partial charge in [0.2, 0.25) is 0 Å². The molecule has 3 nitrogen and oxygen atoms in total. The van der Waals surface area contributed by atoms with Crippen molar-refractivity contribution in [2.24, 2.45) is 0 Å². The third-order valence-corrected chi connectivity index (χ3v) is 5.41. The average Bonchev–Trinajstić information content (AvgIpc) is 3.23. The van der Waals surface area contributed by atoms with Gasteiger partial charge in [-0.1, -0.05) is 6.92 Å². The first-order valence-electron chi connectivity index (χ1n) is 7.27. The van der Waals surface area contributed by atoms with Crippen LogP contribution in [-0.2, 0) is 13.0 Å². The van der Waals surface area contributed by atoms with Crippen LogP contribution in [0.4, 0.5) is 0 Å². The summed E-state index contributed by atoms with van der Waals surface area (Å²) in [6, 6.07) is 6.86. The average molecular weight is 367 g/mol. The molecule has 0 radical (unpaired) electrons. The molecule has 21 heavy (non-hydrogen) atoms. The SMILES string of the molecule is CCc1nc(-c2ccc(OC)c(Br)c2)sc1CNC1CC1. The molecule has 1 aliphatic carbocycles. The number of halogens is 1. The predicted octanol–water partition coefficient (Wildman–Crippen LogP) is 4.40. The Hall–Kier alpha value is -0.910. The molecule has 1 N–H and O–H groups in total. The summed E-state index contributed by atoms with van der Waals surface area (Å²) in [5, 5.41) is 4.67. The summed E-state index contributed by atoms with van der Waals surface area (Å²) in [4.78, 5) is 6.18. The van der Waals surface area contributed by atoms with Crippen LogP contribution in [0, 0.1) is 0 Å². The van der Waals surface area contributed by atoms with Gasteiger partial charge in [-0.05, 0) is 53.4 Å². The minimum Gasteiger partial charge on any atom is -0.496 e. The lowest BCUT2D eigenvalue weighted by molar-refractivity contribution is 0.412. The zero-order chi connectivity index (χ0) is 14.8. The zero-order valence-corrected chi connectivity index (χ0v) is 14.7. The van der Waals surface area contributed by atoms with Gasteiger partial charge >= 0.3 is 0 Å². The van der Waals surface area contributed by atoms with Gasteiger partial charge in [0.25, 0.3) is 0 Å². The zero-order valence-electron chi connectivity index (χ0n) is 12.3. The van der Waals surface area contributed by atoms with E-state index < -0.39 is 0 Å². The minimum absolute atomic E-state index is 0.732. The molecule has 3 rings (SSSR count). The van der Waals surface area contributed by atoms with E-state index in [1.54, 1.807) is 18.4 Å². The number of nitrogens with one attached hydrogen (secondary N) is 1. The quantitative estimate of drug-likeness (QED) is 0.822. The van der Waals surface area contributed by atoms with Crippen molar-refractivity contribution in [3.63, 3.8) is 0 Å². The molecule has 0 spiro atoms. The largest absolute Gasteiger partial charge is 0.496 e. The van der Waals surface area contributed by atoms with Crippen LogP contribution < -0.4 is 10.1 Å². The molecule has 0 saturated heterocycles. The molecule has 1 saturated carbocycles. The van der Waals surface area contributed by atoms with Gasteiger partial charge < -0.3 is 10.1 Å². The molecule has 0 aliphatic heterocycles. The van der Waals surface area contributed by atoms with E-state index >= 15 is 0 Å². The maximum absolute atomic E-state index is 5.28. The lowest BCUT2D eigenvalue weighted by atomic mass is 10.2. The fourth-order valence-electron chi connectivity index (χ4n) is 2.25. The number of ether oxygens (including phenoxy) is 1. The topological polar surface area (TPSA) is 34.1 Å². The number of rotatable bonds is 6. The van der Waals surface area contributed by atoms with Gasteiger partial charge in [0.05, 0.1) is 17.3 Å². The summed E-state index contributed by atoms with van der Waals surface area (Å²) >= 11 is 5.34. The van der Waals surface area contributed by atoms with Crippen molar-refractivity contribution >= 4 is 27.3 Å². The van der Waals surface area contributed by atoms with Crippen LogP contribution in [0.2, 0.25) is 0 Å². The molecule has 112 valence electrons. The number of thiazole rings is 1. The molecule has 1 heterocycles. The molecule has 1 aliphatic rings. The molecule has 0 unspecified atom stereocenters. The Kier molecular flexibility index (Phi) is 4.62. The molecule has 1 fully saturated rings. The molecule has 1 aromatic carbocycles. The maximum atomic E-state index is 5.28. The number of hydrogen-bond donors (Lipinski definition) is 1. The van der Waals surface area contributed by atoms with Gasteiger partial charge in [0, 0.05) is 23.0 Å². The van der Waals surface area contributed by atoms with Crippen LogP contribution in [0.25, 0.3) is 10.6 Å². The summed E-state index contributed by atoms with van der Waals surface area (Å²) in [6.07, 6.45) is 3.62. The maximum Gasteiger partial charge on any atom is 0.133 e. The molecular formula is C16H19BrN2OS. The fourth-order valence-corrected chi connectivity index (χ4v) is 3.88. The van der Waals surface area contributed by atoms with Crippen LogP contribution in [0.15, 0.2) is 22.7 Å². The monoisotopic (exact) mass is 366 g/mol. The minimum atomic E-state index is 0.732. The smallest absolute Gasteiger partial charge is 0.133 e. The van der Waals surface area contributed by atoms with E-state index in [2.05, 4.69) is 40.3 Å². The molecule has 5 heteroatoms. The van der Waals surface area contributed by atoms with E-state index in [9.17, 15) is 0 Å². The molecule has 0 atom stereocenters. The van der Waals surface area contributed by atoms with Crippen LogP contribution in [0.5, 0.6) is 5.75 Å². The lowest BCUT2D eigenvalue weighted by Crippen LogP contribution is -2.15. The van der Waals surface area contributed by atoms with Crippen LogP contribution >= 0.6 is 27.3 Å². The van der Waals surface area contributed by atoms with Gasteiger partial charge in [-0.2, -0.15) is 0 Å². The van der Waals surface area contributed by atoms with Gasteiger partial charge in [0.1, 0.15) is 10.8 Å². The van der Waals surface area contributed by atoms with Crippen molar-refractivity contribution in [1.82, 2.24) is 10.3 Å². The number of nitrogens with zero attached hydrogens (tertiary/aromatic N) is 1. The third-order valence-electron chi connectivity index (χ3n) is 3.64. The van der Waals surface area contributed by atoms with Crippen LogP contribution in [-0.4, -0.2) is 18.1 Å². The highest BCUT2D eigenvalue weighted by Gasteiger charge is 2.21. The van der Waals surface area contributed by atoms with E-state index in [0.29, 0.717) is 0 Å². The Labute approximate surface area is 137 Å². The number of aryl methyl sites for hydroxylation is 1. The fraction of sp³-hybridized carbons (Fsp3) is 0.438. The van der Waals surface area contributed by atoms with E-state index in [1.807, 2.05) is 6.07 Å². The highest BCUT2D eigenvalue weighted by Crippen LogP contribution is 2.34. The molecule has 1 aromatic heterocycles. The summed E-state index contributed by atoms with van der Waals surface area (Å²) in [7, 11) is 1.68. The lowest BCUT2D eigenvalue weighted by Gasteiger charge is -2.04. The number of benzene rings is 1. The van der Waals surface area contributed by atoms with Gasteiger partial charge in [-0.25, -0.2) is 4.98 Å². The summed E-state index contributed by atoms with van der Waals surface area (Å²) in [5.74, 6) is 0.849. The van der Waals surface area contributed by atoms with Gasteiger partial charge in [0.15, 0.2) is 0 Å². The van der Waals surface area contributed by atoms with Crippen LogP contribution in [0.1, 0.15) is 30.3 Å². The highest BCUT2D eigenvalue weighted by atomic mass is 79.9. The number of methoxy groups -OCH3 is 1. The second-order valence-corrected chi connectivity index (χ2v) is 7.18. The summed E-state index contributed by atoms with van der Waals surface area (Å²) in [6.45, 7) is 3.12.